The molecule has 11 heteroatoms. The molecule has 1 heterocycles. The quantitative estimate of drug-likeness (QED) is 0.292. The second-order valence-electron chi connectivity index (χ2n) is 8.29. The van der Waals surface area contributed by atoms with Gasteiger partial charge in [-0.15, -0.1) is 5.10 Å². The van der Waals surface area contributed by atoms with Gasteiger partial charge < -0.3 is 9.47 Å². The Balaban J connectivity index is 1.67. The average Bonchev–Trinajstić information content (AvgIpc) is 2.91. The topological polar surface area (TPSA) is 121 Å². The van der Waals surface area contributed by atoms with Crippen LogP contribution in [0.4, 0.5) is 5.69 Å². The van der Waals surface area contributed by atoms with Crippen molar-refractivity contribution in [2.75, 3.05) is 17.7 Å². The van der Waals surface area contributed by atoms with Crippen LogP contribution in [-0.2, 0) is 32.7 Å². The minimum absolute atomic E-state index is 0.0356. The molecule has 1 atom stereocenters. The Bertz CT molecular complexity index is 1540. The second-order valence-corrected chi connectivity index (χ2v) is 10.1. The molecule has 0 radical (unpaired) electrons. The molecule has 0 fully saturated rings. The molecule has 1 aromatic heterocycles. The van der Waals surface area contributed by atoms with Crippen molar-refractivity contribution in [1.82, 2.24) is 15.0 Å². The van der Waals surface area contributed by atoms with E-state index in [1.165, 1.54) is 7.11 Å². The van der Waals surface area contributed by atoms with E-state index < -0.39 is 27.6 Å². The van der Waals surface area contributed by atoms with E-state index in [0.717, 1.165) is 20.8 Å². The first-order chi connectivity index (χ1) is 17.8. The van der Waals surface area contributed by atoms with E-state index in [2.05, 4.69) is 10.3 Å². The molecule has 10 nitrogen and oxygen atoms in total. The van der Waals surface area contributed by atoms with Gasteiger partial charge in [0, 0.05) is 6.54 Å². The highest BCUT2D eigenvalue weighted by Crippen LogP contribution is 2.26. The summed E-state index contributed by atoms with van der Waals surface area (Å²) >= 11 is 0. The zero-order valence-electron chi connectivity index (χ0n) is 20.4. The van der Waals surface area contributed by atoms with Crippen LogP contribution in [0.3, 0.4) is 0 Å². The zero-order valence-corrected chi connectivity index (χ0v) is 21.2. The second kappa shape index (κ2) is 11.2. The van der Waals surface area contributed by atoms with E-state index in [4.69, 9.17) is 9.47 Å². The lowest BCUT2D eigenvalue weighted by molar-refractivity contribution is -0.146. The summed E-state index contributed by atoms with van der Waals surface area (Å²) in [6.45, 7) is -0.101. The molecule has 0 N–H and O–H groups in total. The molecule has 0 saturated carbocycles. The smallest absolute Gasteiger partial charge is 0.330 e. The normalized spacial score (nSPS) is 12.2. The Hall–Kier alpha value is -4.25. The van der Waals surface area contributed by atoms with Crippen LogP contribution in [0.2, 0.25) is 0 Å². The van der Waals surface area contributed by atoms with Crippen LogP contribution >= 0.6 is 0 Å². The van der Waals surface area contributed by atoms with Crippen LogP contribution in [0.1, 0.15) is 12.0 Å². The predicted molar refractivity (Wildman–Crippen MR) is 139 cm³/mol. The lowest BCUT2D eigenvalue weighted by Crippen LogP contribution is -2.46. The Morgan fingerprint density at radius 3 is 2.35 bits per heavy atom. The first-order valence-electron chi connectivity index (χ1n) is 11.4. The summed E-state index contributed by atoms with van der Waals surface area (Å²) in [6, 6.07) is 20.8. The van der Waals surface area contributed by atoms with Crippen LogP contribution in [0, 0.1) is 0 Å². The minimum Gasteiger partial charge on any atom is -0.497 e. The van der Waals surface area contributed by atoms with Gasteiger partial charge in [-0.05, 0) is 48.4 Å². The maximum Gasteiger partial charge on any atom is 0.330 e. The Morgan fingerprint density at radius 2 is 1.68 bits per heavy atom. The van der Waals surface area contributed by atoms with E-state index >= 15 is 0 Å². The lowest BCUT2D eigenvalue weighted by atomic mass is 10.1. The largest absolute Gasteiger partial charge is 0.497 e. The number of ether oxygens (including phenoxy) is 2. The van der Waals surface area contributed by atoms with Crippen molar-refractivity contribution >= 4 is 32.6 Å². The Morgan fingerprint density at radius 1 is 1.00 bits per heavy atom. The van der Waals surface area contributed by atoms with Crippen molar-refractivity contribution in [3.05, 3.63) is 94.8 Å². The molecule has 4 rings (SSSR count). The molecule has 37 heavy (non-hydrogen) atoms. The number of fused-ring (bicyclic) bond motifs is 1. The lowest BCUT2D eigenvalue weighted by Gasteiger charge is -2.30. The van der Waals surface area contributed by atoms with Gasteiger partial charge in [-0.25, -0.2) is 17.9 Å². The third-order valence-corrected chi connectivity index (χ3v) is 6.89. The molecule has 3 aromatic carbocycles. The summed E-state index contributed by atoms with van der Waals surface area (Å²) in [5, 5.41) is 8.40. The van der Waals surface area contributed by atoms with Crippen molar-refractivity contribution in [2.24, 2.45) is 0 Å². The van der Waals surface area contributed by atoms with E-state index in [9.17, 15) is 18.0 Å². The maximum absolute atomic E-state index is 13.3. The number of aryl methyl sites for hydroxylation is 1. The molecule has 192 valence electrons. The highest BCUT2D eigenvalue weighted by atomic mass is 32.2. The summed E-state index contributed by atoms with van der Waals surface area (Å²) in [7, 11) is -2.45. The van der Waals surface area contributed by atoms with E-state index in [1.54, 1.807) is 60.7 Å². The summed E-state index contributed by atoms with van der Waals surface area (Å²) in [6.07, 6.45) is 0.927. The van der Waals surface area contributed by atoms with Gasteiger partial charge in [0.2, 0.25) is 10.0 Å². The number of benzene rings is 3. The summed E-state index contributed by atoms with van der Waals surface area (Å²) in [4.78, 5) is 26.3. The number of hydrogen-bond donors (Lipinski definition) is 0. The van der Waals surface area contributed by atoms with Crippen LogP contribution in [0.15, 0.2) is 83.7 Å². The molecular weight excluding hydrogens is 496 g/mol. The SMILES string of the molecule is COc1ccc(N(C(CCn2nnc3ccccc3c2=O)C(=O)OCc2ccccc2)S(C)(=O)=O)cc1. The molecule has 0 aliphatic rings. The van der Waals surface area contributed by atoms with Gasteiger partial charge in [-0.2, -0.15) is 0 Å². The maximum atomic E-state index is 13.3. The van der Waals surface area contributed by atoms with Crippen LogP contribution in [0.5, 0.6) is 5.75 Å². The number of nitrogens with zero attached hydrogens (tertiary/aromatic N) is 4. The highest BCUT2D eigenvalue weighted by Gasteiger charge is 2.34. The highest BCUT2D eigenvalue weighted by molar-refractivity contribution is 7.92. The van der Waals surface area contributed by atoms with Crippen molar-refractivity contribution in [3.8, 4) is 5.75 Å². The fourth-order valence-electron chi connectivity index (χ4n) is 3.90. The number of sulfonamides is 1. The number of carbonyl (C=O) groups is 1. The first kappa shape index (κ1) is 25.8. The van der Waals surface area contributed by atoms with Crippen LogP contribution in [-0.4, -0.2) is 48.8 Å². The minimum atomic E-state index is -3.95. The average molecular weight is 523 g/mol. The number of methoxy groups -OCH3 is 1. The molecule has 0 bridgehead atoms. The molecule has 0 saturated heterocycles. The van der Waals surface area contributed by atoms with Gasteiger partial charge in [0.05, 0.1) is 24.4 Å². The van der Waals surface area contributed by atoms with Gasteiger partial charge in [0.25, 0.3) is 5.56 Å². The fourth-order valence-corrected chi connectivity index (χ4v) is 5.06. The number of anilines is 1. The summed E-state index contributed by atoms with van der Waals surface area (Å²) in [5.74, 6) is -0.231. The third-order valence-electron chi connectivity index (χ3n) is 5.71. The Labute approximate surface area is 214 Å². The van der Waals surface area contributed by atoms with Crippen LogP contribution < -0.4 is 14.6 Å². The van der Waals surface area contributed by atoms with Gasteiger partial charge in [0.15, 0.2) is 0 Å². The monoisotopic (exact) mass is 522 g/mol. The zero-order chi connectivity index (χ0) is 26.4. The predicted octanol–water partition coefficient (Wildman–Crippen LogP) is 2.77. The van der Waals surface area contributed by atoms with E-state index in [1.807, 2.05) is 18.2 Å². The van der Waals surface area contributed by atoms with Gasteiger partial charge >= 0.3 is 5.97 Å². The van der Waals surface area contributed by atoms with Crippen molar-refractivity contribution in [1.29, 1.82) is 0 Å². The fraction of sp³-hybridized carbons (Fsp3) is 0.231. The first-order valence-corrected chi connectivity index (χ1v) is 13.3. The van der Waals surface area contributed by atoms with Gasteiger partial charge in [0.1, 0.15) is 23.9 Å². The molecule has 1 unspecified atom stereocenters. The molecule has 0 spiro atoms. The molecule has 0 aliphatic carbocycles. The third kappa shape index (κ3) is 6.12. The number of aromatic nitrogens is 3. The molecule has 0 amide bonds. The van der Waals surface area contributed by atoms with Crippen molar-refractivity contribution in [3.63, 3.8) is 0 Å². The molecular formula is C26H26N4O6S. The number of hydrogen-bond acceptors (Lipinski definition) is 8. The van der Waals surface area contributed by atoms with E-state index in [0.29, 0.717) is 16.7 Å². The summed E-state index contributed by atoms with van der Waals surface area (Å²) < 4.78 is 38.7. The number of rotatable bonds is 10. The van der Waals surface area contributed by atoms with E-state index in [-0.39, 0.29) is 25.3 Å². The van der Waals surface area contributed by atoms with Crippen LogP contribution in [0.25, 0.3) is 10.9 Å². The summed E-state index contributed by atoms with van der Waals surface area (Å²) in [5.41, 5.74) is 1.05. The van der Waals surface area contributed by atoms with Crippen molar-refractivity contribution in [2.45, 2.75) is 25.6 Å². The van der Waals surface area contributed by atoms with Gasteiger partial charge in [-0.1, -0.05) is 47.7 Å². The molecule has 0 aliphatic heterocycles. The van der Waals surface area contributed by atoms with Gasteiger partial charge in [-0.3, -0.25) is 9.10 Å². The Kier molecular flexibility index (Phi) is 7.83. The number of esters is 1. The standard InChI is InChI=1S/C26H26N4O6S/c1-35-21-14-12-20(13-15-21)30(37(2,33)34)24(26(32)36-18-19-8-4-3-5-9-19)16-17-29-25(31)22-10-6-7-11-23(22)27-28-29/h3-15,24H,16-18H2,1-2H3. The number of carbonyl (C=O) groups excluding carboxylic acids is 1. The van der Waals surface area contributed by atoms with Crippen molar-refractivity contribution < 1.29 is 22.7 Å². The molecule has 4 aromatic rings.